The lowest BCUT2D eigenvalue weighted by atomic mass is 10.2. The third kappa shape index (κ3) is 21.0. The largest absolute Gasteiger partial charge is 0.481 e. The number of rotatable bonds is 10. The molecule has 42 heavy (non-hydrogen) atoms. The summed E-state index contributed by atoms with van der Waals surface area (Å²) in [6, 6.07) is 0. The van der Waals surface area contributed by atoms with Crippen LogP contribution < -0.4 is 11.2 Å². The molecule has 1 fully saturated rings. The molecule has 0 bridgehead atoms. The van der Waals surface area contributed by atoms with Crippen molar-refractivity contribution in [2.24, 2.45) is 0 Å². The molecule has 1 saturated heterocycles. The van der Waals surface area contributed by atoms with Crippen LogP contribution in [0.3, 0.4) is 0 Å². The van der Waals surface area contributed by atoms with Gasteiger partial charge in [0, 0.05) is 18.2 Å². The molecule has 0 spiro atoms. The molecule has 7 N–H and O–H groups in total. The molecule has 2 rings (SSSR count). The van der Waals surface area contributed by atoms with Crippen molar-refractivity contribution in [3.05, 3.63) is 32.6 Å². The van der Waals surface area contributed by atoms with E-state index >= 15 is 0 Å². The Kier molecular flexibility index (Phi) is 18.5. The number of ketones is 3. The molecule has 0 aromatic carbocycles. The van der Waals surface area contributed by atoms with Crippen molar-refractivity contribution in [2.75, 3.05) is 6.61 Å². The van der Waals surface area contributed by atoms with E-state index in [2.05, 4.69) is 9.51 Å². The predicted molar refractivity (Wildman–Crippen MR) is 137 cm³/mol. The second kappa shape index (κ2) is 19.3. The van der Waals surface area contributed by atoms with Crippen molar-refractivity contribution >= 4 is 43.1 Å². The molecule has 20 heteroatoms. The molecule has 0 amide bonds. The highest BCUT2D eigenvalue weighted by Gasteiger charge is 2.37. The van der Waals surface area contributed by atoms with Crippen molar-refractivity contribution in [3.63, 3.8) is 0 Å². The van der Waals surface area contributed by atoms with E-state index in [1.165, 1.54) is 33.9 Å². The van der Waals surface area contributed by atoms with Gasteiger partial charge in [0.15, 0.2) is 0 Å². The van der Waals surface area contributed by atoms with Gasteiger partial charge in [-0.3, -0.25) is 47.6 Å². The van der Waals surface area contributed by atoms with E-state index in [1.54, 1.807) is 0 Å². The van der Waals surface area contributed by atoms with E-state index in [1.807, 2.05) is 0 Å². The summed E-state index contributed by atoms with van der Waals surface area (Å²) in [5, 5.41) is 33.4. The second-order valence-electron chi connectivity index (χ2n) is 8.51. The maximum atomic E-state index is 11.7. The lowest BCUT2D eigenvalue weighted by Crippen LogP contribution is -2.33. The van der Waals surface area contributed by atoms with Gasteiger partial charge in [0.2, 0.25) is 0 Å². The molecule has 0 saturated carbocycles. The quantitative estimate of drug-likeness (QED) is 0.118. The molecule has 19 nitrogen and oxygen atoms in total. The molecule has 0 unspecified atom stereocenters. The van der Waals surface area contributed by atoms with Gasteiger partial charge in [-0.2, -0.15) is 0 Å². The topological polar surface area (TPSA) is 314 Å². The minimum absolute atomic E-state index is 0.0283. The van der Waals surface area contributed by atoms with Gasteiger partial charge < -0.3 is 34.9 Å². The molecule has 1 aliphatic rings. The number of aliphatic hydroxyl groups is 1. The smallest absolute Gasteiger partial charge is 0.469 e. The number of ether oxygens (including phenoxy) is 1. The third-order valence-corrected chi connectivity index (χ3v) is 4.75. The summed E-state index contributed by atoms with van der Waals surface area (Å²) in [5.41, 5.74) is -0.918. The molecular formula is C22H33N2O17P. The summed E-state index contributed by atoms with van der Waals surface area (Å²) in [6.07, 6.45) is -2.65. The van der Waals surface area contributed by atoms with E-state index < -0.39 is 62.0 Å². The minimum Gasteiger partial charge on any atom is -0.481 e. The molecule has 0 radical (unpaired) electrons. The van der Waals surface area contributed by atoms with Gasteiger partial charge in [-0.1, -0.05) is 0 Å². The first-order chi connectivity index (χ1) is 19.0. The number of aromatic nitrogens is 2. The number of phosphoric ester groups is 1. The number of carboxylic acid groups (broad SMARTS) is 3. The zero-order valence-corrected chi connectivity index (χ0v) is 23.8. The average Bonchev–Trinajstić information content (AvgIpc) is 3.13. The number of carboxylic acids is 3. The number of hydrogen-bond donors (Lipinski definition) is 7. The Hall–Kier alpha value is -3.87. The molecule has 0 aliphatic carbocycles. The number of aliphatic carboxylic acids is 3. The van der Waals surface area contributed by atoms with E-state index in [0.29, 0.717) is 5.56 Å². The number of H-pyrrole nitrogens is 1. The molecule has 238 valence electrons. The lowest BCUT2D eigenvalue weighted by molar-refractivity contribution is -0.141. The van der Waals surface area contributed by atoms with Gasteiger partial charge in [0.05, 0.1) is 12.7 Å². The Morgan fingerprint density at radius 1 is 0.929 bits per heavy atom. The summed E-state index contributed by atoms with van der Waals surface area (Å²) in [6.45, 7) is 4.73. The number of nitrogens with one attached hydrogen (secondary N) is 1. The number of hydrogen-bond acceptors (Lipinski definition) is 12. The van der Waals surface area contributed by atoms with Gasteiger partial charge in [0.25, 0.3) is 5.56 Å². The molecule has 2 heterocycles. The SMILES string of the molecule is CC(=O)CC(=O)O.CC(=O)CC(=O)O.CC(=O)CC(=O)O.Cc1cn([C@H]2C[C@H](O)[C@@H](COP(=O)(O)O)O2)c(=O)[nH]c1=O. The lowest BCUT2D eigenvalue weighted by Gasteiger charge is -2.16. The number of aryl methyl sites for hydroxylation is 1. The normalized spacial score (nSPS) is 17.2. The van der Waals surface area contributed by atoms with Crippen LogP contribution in [0.2, 0.25) is 0 Å². The van der Waals surface area contributed by atoms with Crippen LogP contribution in [0.4, 0.5) is 0 Å². The minimum atomic E-state index is -4.67. The third-order valence-electron chi connectivity index (χ3n) is 4.27. The monoisotopic (exact) mass is 628 g/mol. The van der Waals surface area contributed by atoms with E-state index in [9.17, 15) is 48.0 Å². The Bertz CT molecular complexity index is 1180. The van der Waals surface area contributed by atoms with Crippen molar-refractivity contribution < 1.29 is 72.8 Å². The molecular weight excluding hydrogens is 595 g/mol. The van der Waals surface area contributed by atoms with Crippen LogP contribution in [-0.2, 0) is 42.6 Å². The number of Topliss-reactive ketones (excluding diaryl/α,β-unsaturated/α-hetero) is 3. The van der Waals surface area contributed by atoms with Crippen LogP contribution in [0.1, 0.15) is 58.2 Å². The van der Waals surface area contributed by atoms with E-state index in [-0.39, 0.29) is 43.0 Å². The second-order valence-corrected chi connectivity index (χ2v) is 9.75. The van der Waals surface area contributed by atoms with E-state index in [0.717, 1.165) is 4.57 Å². The summed E-state index contributed by atoms with van der Waals surface area (Å²) in [7, 11) is -4.67. The van der Waals surface area contributed by atoms with E-state index in [4.69, 9.17) is 29.8 Å². The number of aromatic amines is 1. The Morgan fingerprint density at radius 3 is 1.64 bits per heavy atom. The van der Waals surface area contributed by atoms with Gasteiger partial charge in [0.1, 0.15) is 48.9 Å². The van der Waals surface area contributed by atoms with Crippen molar-refractivity contribution in [1.29, 1.82) is 0 Å². The Morgan fingerprint density at radius 2 is 1.33 bits per heavy atom. The maximum Gasteiger partial charge on any atom is 0.469 e. The van der Waals surface area contributed by atoms with Crippen LogP contribution in [0.15, 0.2) is 15.8 Å². The fraction of sp³-hybridized carbons (Fsp3) is 0.545. The van der Waals surface area contributed by atoms with Gasteiger partial charge in [-0.15, -0.1) is 0 Å². The first kappa shape index (κ1) is 40.3. The first-order valence-electron chi connectivity index (χ1n) is 11.5. The number of carbonyl (C=O) groups excluding carboxylic acids is 3. The van der Waals surface area contributed by atoms with Crippen molar-refractivity contribution in [3.8, 4) is 0 Å². The Labute approximate surface area is 236 Å². The highest BCUT2D eigenvalue weighted by Crippen LogP contribution is 2.38. The Balaban J connectivity index is 0. The summed E-state index contributed by atoms with van der Waals surface area (Å²) < 4.78 is 21.4. The maximum absolute atomic E-state index is 11.7. The zero-order chi connectivity index (χ0) is 33.4. The molecule has 1 aliphatic heterocycles. The average molecular weight is 628 g/mol. The summed E-state index contributed by atoms with van der Waals surface area (Å²) in [5.74, 6) is -4.12. The fourth-order valence-electron chi connectivity index (χ4n) is 2.65. The first-order valence-corrected chi connectivity index (χ1v) is 13.1. The zero-order valence-electron chi connectivity index (χ0n) is 22.9. The number of phosphoric acid groups is 1. The van der Waals surface area contributed by atoms with Crippen molar-refractivity contribution in [1.82, 2.24) is 9.55 Å². The predicted octanol–water partition coefficient (Wildman–Crippen LogP) is -1.25. The number of nitrogens with zero attached hydrogens (tertiary/aromatic N) is 1. The van der Waals surface area contributed by atoms with Crippen molar-refractivity contribution in [2.45, 2.75) is 71.8 Å². The molecule has 1 aromatic heterocycles. The van der Waals surface area contributed by atoms with Crippen LogP contribution in [-0.4, -0.2) is 93.8 Å². The summed E-state index contributed by atoms with van der Waals surface area (Å²) in [4.78, 5) is 101. The molecule has 3 atom stereocenters. The van der Waals surface area contributed by atoms with Gasteiger partial charge in [-0.25, -0.2) is 9.36 Å². The standard InChI is InChI=1S/C10H15N2O8P.3C4H6O3/c1-5-3-12(10(15)11-9(5)14)8-2-6(13)7(20-8)4-19-21(16,17)18;3*1-3(5)2-4(6)7/h3,6-8,13H,2,4H2,1H3,(H,11,14,15)(H2,16,17,18);3*2H2,1H3,(H,6,7)/t6-,7+,8+;;;/m0.../s1. The summed E-state index contributed by atoms with van der Waals surface area (Å²) >= 11 is 0. The van der Waals surface area contributed by atoms with Gasteiger partial charge in [-0.05, 0) is 27.7 Å². The van der Waals surface area contributed by atoms with Crippen LogP contribution >= 0.6 is 7.82 Å². The molecule has 1 aromatic rings. The van der Waals surface area contributed by atoms with Gasteiger partial charge >= 0.3 is 31.4 Å². The highest BCUT2D eigenvalue weighted by atomic mass is 31.2. The number of aliphatic hydroxyl groups excluding tert-OH is 1. The highest BCUT2D eigenvalue weighted by molar-refractivity contribution is 7.46. The van der Waals surface area contributed by atoms with Crippen LogP contribution in [0.25, 0.3) is 0 Å². The van der Waals surface area contributed by atoms with Crippen LogP contribution in [0.5, 0.6) is 0 Å². The fourth-order valence-corrected chi connectivity index (χ4v) is 2.99. The number of carbonyl (C=O) groups is 6. The van der Waals surface area contributed by atoms with Crippen LogP contribution in [0, 0.1) is 6.92 Å².